The molecule has 1 aliphatic rings. The van der Waals surface area contributed by atoms with Crippen molar-refractivity contribution >= 4 is 15.8 Å². The third-order valence-electron chi connectivity index (χ3n) is 4.17. The van der Waals surface area contributed by atoms with E-state index in [2.05, 4.69) is 0 Å². The largest absolute Gasteiger partial charge is 0.481 e. The zero-order chi connectivity index (χ0) is 14.4. The van der Waals surface area contributed by atoms with Crippen LogP contribution in [-0.4, -0.2) is 31.0 Å². The first-order valence-corrected chi connectivity index (χ1v) is 9.18. The molecular weight excluding hydrogens is 264 g/mol. The summed E-state index contributed by atoms with van der Waals surface area (Å²) in [6.07, 6.45) is 7.25. The fraction of sp³-hybridized carbons (Fsp3) is 0.929. The molecule has 0 radical (unpaired) electrons. The second kappa shape index (κ2) is 7.27. The summed E-state index contributed by atoms with van der Waals surface area (Å²) in [5.41, 5.74) is -0.804. The van der Waals surface area contributed by atoms with Crippen molar-refractivity contribution in [2.24, 2.45) is 5.41 Å². The molecule has 1 saturated carbocycles. The van der Waals surface area contributed by atoms with Gasteiger partial charge >= 0.3 is 5.97 Å². The number of hydrogen-bond donors (Lipinski definition) is 1. The molecule has 5 heteroatoms. The van der Waals surface area contributed by atoms with E-state index in [1.807, 2.05) is 6.92 Å². The number of carboxylic acid groups (broad SMARTS) is 1. The molecule has 0 aromatic carbocycles. The highest BCUT2D eigenvalue weighted by Gasteiger charge is 2.38. The van der Waals surface area contributed by atoms with Crippen molar-refractivity contribution < 1.29 is 18.3 Å². The van der Waals surface area contributed by atoms with E-state index in [-0.39, 0.29) is 17.9 Å². The normalized spacial score (nSPS) is 20.5. The third-order valence-corrected chi connectivity index (χ3v) is 6.03. The lowest BCUT2D eigenvalue weighted by Gasteiger charge is -2.31. The van der Waals surface area contributed by atoms with Gasteiger partial charge in [0.15, 0.2) is 0 Å². The minimum absolute atomic E-state index is 0.0210. The van der Waals surface area contributed by atoms with E-state index in [4.69, 9.17) is 0 Å². The zero-order valence-corrected chi connectivity index (χ0v) is 12.7. The van der Waals surface area contributed by atoms with Gasteiger partial charge in [-0.25, -0.2) is 8.42 Å². The molecule has 0 saturated heterocycles. The Morgan fingerprint density at radius 3 is 2.05 bits per heavy atom. The maximum Gasteiger partial charge on any atom is 0.309 e. The van der Waals surface area contributed by atoms with E-state index in [0.29, 0.717) is 19.3 Å². The summed E-state index contributed by atoms with van der Waals surface area (Å²) in [6.45, 7) is 1.83. The molecule has 1 rings (SSSR count). The van der Waals surface area contributed by atoms with Crippen molar-refractivity contribution in [3.05, 3.63) is 0 Å². The highest BCUT2D eigenvalue weighted by Crippen LogP contribution is 2.38. The highest BCUT2D eigenvalue weighted by molar-refractivity contribution is 7.91. The molecule has 0 aromatic heterocycles. The maximum atomic E-state index is 11.8. The van der Waals surface area contributed by atoms with Crippen molar-refractivity contribution in [2.45, 2.75) is 64.7 Å². The van der Waals surface area contributed by atoms with Crippen LogP contribution in [0.2, 0.25) is 0 Å². The number of carbonyl (C=O) groups is 1. The SMILES string of the molecule is CCCS(=O)(=O)CCC1(C(=O)O)CCCCCCC1. The molecule has 1 N–H and O–H groups in total. The Balaban J connectivity index is 2.72. The number of carboxylic acids is 1. The van der Waals surface area contributed by atoms with Gasteiger partial charge in [-0.2, -0.15) is 0 Å². The molecule has 4 nitrogen and oxygen atoms in total. The number of sulfone groups is 1. The monoisotopic (exact) mass is 290 g/mol. The fourth-order valence-electron chi connectivity index (χ4n) is 2.92. The lowest BCUT2D eigenvalue weighted by Crippen LogP contribution is -2.34. The summed E-state index contributed by atoms with van der Waals surface area (Å²) < 4.78 is 23.6. The summed E-state index contributed by atoms with van der Waals surface area (Å²) in [7, 11) is -3.09. The maximum absolute atomic E-state index is 11.8. The third kappa shape index (κ3) is 5.13. The number of hydrogen-bond acceptors (Lipinski definition) is 3. The van der Waals surface area contributed by atoms with Gasteiger partial charge in [0.25, 0.3) is 0 Å². The summed E-state index contributed by atoms with van der Waals surface area (Å²) >= 11 is 0. The molecule has 0 heterocycles. The summed E-state index contributed by atoms with van der Waals surface area (Å²) in [5, 5.41) is 9.54. The average molecular weight is 290 g/mol. The van der Waals surface area contributed by atoms with Crippen LogP contribution in [0.4, 0.5) is 0 Å². The van der Waals surface area contributed by atoms with E-state index in [1.165, 1.54) is 6.42 Å². The molecule has 112 valence electrons. The molecule has 0 spiro atoms. The van der Waals surface area contributed by atoms with Crippen molar-refractivity contribution in [1.82, 2.24) is 0 Å². The van der Waals surface area contributed by atoms with Gasteiger partial charge in [-0.05, 0) is 25.7 Å². The minimum Gasteiger partial charge on any atom is -0.481 e. The lowest BCUT2D eigenvalue weighted by molar-refractivity contribution is -0.150. The fourth-order valence-corrected chi connectivity index (χ4v) is 4.44. The first kappa shape index (κ1) is 16.5. The molecule has 0 bridgehead atoms. The lowest BCUT2D eigenvalue weighted by atomic mass is 9.74. The van der Waals surface area contributed by atoms with Crippen molar-refractivity contribution in [3.63, 3.8) is 0 Å². The topological polar surface area (TPSA) is 71.4 Å². The van der Waals surface area contributed by atoms with E-state index >= 15 is 0 Å². The molecule has 0 amide bonds. The Kier molecular flexibility index (Phi) is 6.30. The Morgan fingerprint density at radius 2 is 1.58 bits per heavy atom. The van der Waals surface area contributed by atoms with Gasteiger partial charge in [-0.15, -0.1) is 0 Å². The Morgan fingerprint density at radius 1 is 1.05 bits per heavy atom. The van der Waals surface area contributed by atoms with Crippen LogP contribution in [0.1, 0.15) is 64.7 Å². The Labute approximate surface area is 116 Å². The summed E-state index contributed by atoms with van der Waals surface area (Å²) in [6, 6.07) is 0. The average Bonchev–Trinajstić information content (AvgIpc) is 2.27. The van der Waals surface area contributed by atoms with E-state index in [1.54, 1.807) is 0 Å². The molecule has 19 heavy (non-hydrogen) atoms. The number of aliphatic carboxylic acids is 1. The second-order valence-corrected chi connectivity index (χ2v) is 8.06. The van der Waals surface area contributed by atoms with Gasteiger partial charge in [-0.1, -0.05) is 39.0 Å². The standard InChI is InChI=1S/C14H26O4S/c1-2-11-19(17,18)12-10-14(13(15)16)8-6-4-3-5-7-9-14/h2-12H2,1H3,(H,15,16). The van der Waals surface area contributed by atoms with Gasteiger partial charge in [0, 0.05) is 5.75 Å². The van der Waals surface area contributed by atoms with Gasteiger partial charge < -0.3 is 5.11 Å². The first-order chi connectivity index (χ1) is 8.92. The smallest absolute Gasteiger partial charge is 0.309 e. The Hall–Kier alpha value is -0.580. The molecule has 0 aromatic rings. The van der Waals surface area contributed by atoms with Crippen LogP contribution < -0.4 is 0 Å². The number of rotatable bonds is 6. The summed E-state index contributed by atoms with van der Waals surface area (Å²) in [4.78, 5) is 11.6. The van der Waals surface area contributed by atoms with Crippen LogP contribution in [0.5, 0.6) is 0 Å². The van der Waals surface area contributed by atoms with Gasteiger partial charge in [-0.3, -0.25) is 4.79 Å². The molecule has 0 atom stereocenters. The van der Waals surface area contributed by atoms with Crippen LogP contribution in [-0.2, 0) is 14.6 Å². The molecule has 0 aliphatic heterocycles. The zero-order valence-electron chi connectivity index (χ0n) is 11.9. The van der Waals surface area contributed by atoms with Crippen LogP contribution in [0.25, 0.3) is 0 Å². The molecular formula is C14H26O4S. The second-order valence-electron chi connectivity index (χ2n) is 5.76. The molecule has 0 unspecified atom stereocenters. The van der Waals surface area contributed by atoms with E-state index in [0.717, 1.165) is 25.7 Å². The van der Waals surface area contributed by atoms with Crippen LogP contribution in [0.15, 0.2) is 0 Å². The molecule has 1 aliphatic carbocycles. The van der Waals surface area contributed by atoms with Crippen LogP contribution in [0.3, 0.4) is 0 Å². The highest BCUT2D eigenvalue weighted by atomic mass is 32.2. The van der Waals surface area contributed by atoms with E-state index in [9.17, 15) is 18.3 Å². The van der Waals surface area contributed by atoms with Crippen molar-refractivity contribution in [1.29, 1.82) is 0 Å². The predicted molar refractivity (Wildman–Crippen MR) is 75.9 cm³/mol. The van der Waals surface area contributed by atoms with Crippen molar-refractivity contribution in [2.75, 3.05) is 11.5 Å². The first-order valence-electron chi connectivity index (χ1n) is 7.36. The van der Waals surface area contributed by atoms with Gasteiger partial charge in [0.05, 0.1) is 11.2 Å². The quantitative estimate of drug-likeness (QED) is 0.816. The predicted octanol–water partition coefficient (Wildman–Crippen LogP) is 3.02. The van der Waals surface area contributed by atoms with Gasteiger partial charge in [0.1, 0.15) is 9.84 Å². The minimum atomic E-state index is -3.09. The van der Waals surface area contributed by atoms with Crippen LogP contribution >= 0.6 is 0 Å². The van der Waals surface area contributed by atoms with Crippen molar-refractivity contribution in [3.8, 4) is 0 Å². The van der Waals surface area contributed by atoms with Gasteiger partial charge in [0.2, 0.25) is 0 Å². The van der Waals surface area contributed by atoms with E-state index < -0.39 is 21.2 Å². The molecule has 1 fully saturated rings. The Bertz CT molecular complexity index is 378. The van der Waals surface area contributed by atoms with Crippen LogP contribution in [0, 0.1) is 5.41 Å². The summed E-state index contributed by atoms with van der Waals surface area (Å²) in [5.74, 6) is -0.614.